The summed E-state index contributed by atoms with van der Waals surface area (Å²) < 4.78 is 0. The first-order chi connectivity index (χ1) is 6.68. The molecule has 82 valence electrons. The monoisotopic (exact) mass is 195 g/mol. The normalized spacial score (nSPS) is 39.9. The van der Waals surface area contributed by atoms with Crippen LogP contribution >= 0.6 is 0 Å². The fourth-order valence-electron chi connectivity index (χ4n) is 3.85. The Hall–Kier alpha value is -0.0400. The van der Waals surface area contributed by atoms with Gasteiger partial charge in [-0.25, -0.2) is 0 Å². The molecule has 0 aromatic heterocycles. The lowest BCUT2D eigenvalue weighted by Crippen LogP contribution is -2.41. The van der Waals surface area contributed by atoms with Crippen LogP contribution in [-0.2, 0) is 0 Å². The molecule has 1 aliphatic carbocycles. The zero-order valence-electron chi connectivity index (χ0n) is 10.00. The minimum Gasteiger partial charge on any atom is -0.303 e. The lowest BCUT2D eigenvalue weighted by molar-refractivity contribution is 0.125. The summed E-state index contributed by atoms with van der Waals surface area (Å²) in [5, 5.41) is 0. The minimum absolute atomic E-state index is 0.835. The molecule has 0 spiro atoms. The fraction of sp³-hybridized carbons (Fsp3) is 1.00. The van der Waals surface area contributed by atoms with Gasteiger partial charge in [0.2, 0.25) is 0 Å². The average molecular weight is 195 g/mol. The van der Waals surface area contributed by atoms with Gasteiger partial charge in [0.25, 0.3) is 0 Å². The van der Waals surface area contributed by atoms with Crippen molar-refractivity contribution in [3.8, 4) is 0 Å². The standard InChI is InChI=1S/C13H25N/c1-10(2)13-12-6-4-5-11(9-12)7-8-14(13)3/h10-13H,4-9H2,1-3H3. The number of hydrogen-bond donors (Lipinski definition) is 0. The van der Waals surface area contributed by atoms with E-state index in [1.165, 1.54) is 38.6 Å². The first-order valence-electron chi connectivity index (χ1n) is 6.38. The van der Waals surface area contributed by atoms with E-state index in [1.807, 2.05) is 0 Å². The Morgan fingerprint density at radius 2 is 1.93 bits per heavy atom. The highest BCUT2D eigenvalue weighted by molar-refractivity contribution is 4.88. The highest BCUT2D eigenvalue weighted by Crippen LogP contribution is 2.39. The molecule has 14 heavy (non-hydrogen) atoms. The molecule has 0 amide bonds. The van der Waals surface area contributed by atoms with E-state index in [1.54, 1.807) is 0 Å². The molecule has 1 nitrogen and oxygen atoms in total. The van der Waals surface area contributed by atoms with Crippen LogP contribution in [0.15, 0.2) is 0 Å². The lowest BCUT2D eigenvalue weighted by atomic mass is 9.75. The summed E-state index contributed by atoms with van der Waals surface area (Å²) in [6.45, 7) is 6.14. The van der Waals surface area contributed by atoms with Crippen LogP contribution in [0.3, 0.4) is 0 Å². The van der Waals surface area contributed by atoms with E-state index in [4.69, 9.17) is 0 Å². The van der Waals surface area contributed by atoms with E-state index in [2.05, 4.69) is 25.8 Å². The number of rotatable bonds is 1. The predicted octanol–water partition coefficient (Wildman–Crippen LogP) is 3.15. The minimum atomic E-state index is 0.835. The van der Waals surface area contributed by atoms with Gasteiger partial charge in [-0.15, -0.1) is 0 Å². The Balaban J connectivity index is 2.12. The Bertz CT molecular complexity index is 188. The molecule has 2 aliphatic rings. The molecule has 1 heteroatoms. The van der Waals surface area contributed by atoms with Crippen LogP contribution in [0.5, 0.6) is 0 Å². The highest BCUT2D eigenvalue weighted by Gasteiger charge is 2.35. The van der Waals surface area contributed by atoms with Crippen molar-refractivity contribution in [2.75, 3.05) is 13.6 Å². The van der Waals surface area contributed by atoms with Crippen molar-refractivity contribution >= 4 is 0 Å². The summed E-state index contributed by atoms with van der Waals surface area (Å²) in [6.07, 6.45) is 7.47. The molecule has 2 rings (SSSR count). The molecular formula is C13H25N. The molecule has 0 N–H and O–H groups in total. The van der Waals surface area contributed by atoms with Crippen LogP contribution in [-0.4, -0.2) is 24.5 Å². The average Bonchev–Trinajstić information content (AvgIpc) is 2.24. The topological polar surface area (TPSA) is 3.24 Å². The Morgan fingerprint density at radius 1 is 1.14 bits per heavy atom. The van der Waals surface area contributed by atoms with Gasteiger partial charge in [-0.2, -0.15) is 0 Å². The van der Waals surface area contributed by atoms with Crippen LogP contribution < -0.4 is 0 Å². The second kappa shape index (κ2) is 4.22. The summed E-state index contributed by atoms with van der Waals surface area (Å²) in [5.74, 6) is 2.89. The molecule has 2 fully saturated rings. The highest BCUT2D eigenvalue weighted by atomic mass is 15.1. The SMILES string of the molecule is CC(C)C1C2CCCC(CCN1C)C2. The summed E-state index contributed by atoms with van der Waals surface area (Å²) in [5.41, 5.74) is 0. The number of likely N-dealkylation sites (tertiary alicyclic amines) is 1. The van der Waals surface area contributed by atoms with Crippen molar-refractivity contribution in [3.05, 3.63) is 0 Å². The third-order valence-electron chi connectivity index (χ3n) is 4.39. The fourth-order valence-corrected chi connectivity index (χ4v) is 3.85. The van der Waals surface area contributed by atoms with E-state index >= 15 is 0 Å². The van der Waals surface area contributed by atoms with E-state index < -0.39 is 0 Å². The quantitative estimate of drug-likeness (QED) is 0.621. The number of fused-ring (bicyclic) bond motifs is 2. The number of hydrogen-bond acceptors (Lipinski definition) is 1. The van der Waals surface area contributed by atoms with Crippen LogP contribution in [0.2, 0.25) is 0 Å². The number of nitrogens with zero attached hydrogens (tertiary/aromatic N) is 1. The predicted molar refractivity (Wildman–Crippen MR) is 61.3 cm³/mol. The van der Waals surface area contributed by atoms with Crippen LogP contribution in [0.1, 0.15) is 46.0 Å². The van der Waals surface area contributed by atoms with Crippen molar-refractivity contribution in [2.45, 2.75) is 52.0 Å². The molecule has 0 radical (unpaired) electrons. The van der Waals surface area contributed by atoms with Gasteiger partial charge in [-0.1, -0.05) is 26.7 Å². The van der Waals surface area contributed by atoms with Crippen molar-refractivity contribution in [1.82, 2.24) is 4.90 Å². The van der Waals surface area contributed by atoms with Gasteiger partial charge in [0.05, 0.1) is 0 Å². The van der Waals surface area contributed by atoms with Crippen molar-refractivity contribution in [3.63, 3.8) is 0 Å². The van der Waals surface area contributed by atoms with Gasteiger partial charge >= 0.3 is 0 Å². The van der Waals surface area contributed by atoms with Crippen molar-refractivity contribution < 1.29 is 0 Å². The smallest absolute Gasteiger partial charge is 0.0143 e. The summed E-state index contributed by atoms with van der Waals surface area (Å²) >= 11 is 0. The van der Waals surface area contributed by atoms with E-state index in [-0.39, 0.29) is 0 Å². The maximum Gasteiger partial charge on any atom is 0.0143 e. The van der Waals surface area contributed by atoms with Crippen LogP contribution in [0.25, 0.3) is 0 Å². The molecule has 1 saturated heterocycles. The zero-order chi connectivity index (χ0) is 10.1. The van der Waals surface area contributed by atoms with Gasteiger partial charge in [0, 0.05) is 6.04 Å². The molecule has 2 bridgehead atoms. The lowest BCUT2D eigenvalue weighted by Gasteiger charge is -2.37. The first-order valence-corrected chi connectivity index (χ1v) is 6.38. The molecule has 3 atom stereocenters. The van der Waals surface area contributed by atoms with Gasteiger partial charge < -0.3 is 4.90 Å². The third-order valence-corrected chi connectivity index (χ3v) is 4.39. The molecule has 1 saturated carbocycles. The molecule has 1 aliphatic heterocycles. The second-order valence-electron chi connectivity index (χ2n) is 5.80. The van der Waals surface area contributed by atoms with Crippen molar-refractivity contribution in [2.24, 2.45) is 17.8 Å². The molecule has 0 aromatic carbocycles. The summed E-state index contributed by atoms with van der Waals surface area (Å²) in [4.78, 5) is 2.64. The Labute approximate surface area is 88.9 Å². The van der Waals surface area contributed by atoms with Crippen LogP contribution in [0.4, 0.5) is 0 Å². The van der Waals surface area contributed by atoms with Crippen molar-refractivity contribution in [1.29, 1.82) is 0 Å². The Morgan fingerprint density at radius 3 is 2.64 bits per heavy atom. The van der Waals surface area contributed by atoms with Gasteiger partial charge in [-0.05, 0) is 50.6 Å². The third kappa shape index (κ3) is 1.98. The molecule has 1 heterocycles. The Kier molecular flexibility index (Phi) is 3.16. The maximum absolute atomic E-state index is 2.64. The zero-order valence-corrected chi connectivity index (χ0v) is 10.00. The van der Waals surface area contributed by atoms with E-state index in [0.29, 0.717) is 0 Å². The van der Waals surface area contributed by atoms with E-state index in [9.17, 15) is 0 Å². The summed E-state index contributed by atoms with van der Waals surface area (Å²) in [6, 6.07) is 0.861. The van der Waals surface area contributed by atoms with Gasteiger partial charge in [0.15, 0.2) is 0 Å². The molecule has 0 aromatic rings. The first kappa shape index (κ1) is 10.5. The largest absolute Gasteiger partial charge is 0.303 e. The maximum atomic E-state index is 2.64. The van der Waals surface area contributed by atoms with E-state index in [0.717, 1.165) is 23.8 Å². The van der Waals surface area contributed by atoms with Gasteiger partial charge in [-0.3, -0.25) is 0 Å². The second-order valence-corrected chi connectivity index (χ2v) is 5.80. The van der Waals surface area contributed by atoms with Crippen LogP contribution in [0, 0.1) is 17.8 Å². The summed E-state index contributed by atoms with van der Waals surface area (Å²) in [7, 11) is 2.34. The van der Waals surface area contributed by atoms with Gasteiger partial charge in [0.1, 0.15) is 0 Å². The molecule has 3 unspecified atom stereocenters. The molecular weight excluding hydrogens is 170 g/mol.